The van der Waals surface area contributed by atoms with Crippen LogP contribution >= 0.6 is 0 Å². The number of hydrogen-bond acceptors (Lipinski definition) is 4. The zero-order chi connectivity index (χ0) is 16.4. The van der Waals surface area contributed by atoms with Gasteiger partial charge in [-0.15, -0.1) is 0 Å². The van der Waals surface area contributed by atoms with Crippen molar-refractivity contribution in [1.82, 2.24) is 14.9 Å². The van der Waals surface area contributed by atoms with Gasteiger partial charge >= 0.3 is 0 Å². The molecule has 1 saturated heterocycles. The highest BCUT2D eigenvalue weighted by Crippen LogP contribution is 2.19. The summed E-state index contributed by atoms with van der Waals surface area (Å²) >= 11 is 0. The molecule has 1 fully saturated rings. The van der Waals surface area contributed by atoms with Crippen molar-refractivity contribution < 1.29 is 9.18 Å². The number of H-pyrrole nitrogens is 1. The van der Waals surface area contributed by atoms with E-state index < -0.39 is 0 Å². The number of nitriles is 1. The maximum absolute atomic E-state index is 13.0. The molecule has 1 amide bonds. The number of hydrogen-bond donors (Lipinski definition) is 1. The van der Waals surface area contributed by atoms with Crippen LogP contribution in [0.15, 0.2) is 30.6 Å². The average Bonchev–Trinajstić information content (AvgIpc) is 3.04. The molecule has 2 aromatic heterocycles. The molecule has 3 rings (SSSR count). The van der Waals surface area contributed by atoms with E-state index in [2.05, 4.69) is 14.9 Å². The second-order valence-electron chi connectivity index (χ2n) is 5.54. The first-order valence-corrected chi connectivity index (χ1v) is 7.34. The fourth-order valence-corrected chi connectivity index (χ4v) is 2.77. The zero-order valence-electron chi connectivity index (χ0n) is 12.7. The monoisotopic (exact) mass is 313 g/mol. The van der Waals surface area contributed by atoms with Crippen molar-refractivity contribution in [2.24, 2.45) is 0 Å². The third-order valence-electron chi connectivity index (χ3n) is 3.96. The standard InChI is InChI=1S/C16H16FN5O/c1-11-10-21(16(23)14-6-12(7-18)8-19-14)4-5-22(11)15-3-2-13(17)9-20-15/h2-3,6,8-9,11,19H,4-5,10H2,1H3. The van der Waals surface area contributed by atoms with E-state index in [9.17, 15) is 9.18 Å². The number of anilines is 1. The van der Waals surface area contributed by atoms with Crippen LogP contribution in [0.5, 0.6) is 0 Å². The lowest BCUT2D eigenvalue weighted by Crippen LogP contribution is -2.54. The number of carbonyl (C=O) groups excluding carboxylic acids is 1. The highest BCUT2D eigenvalue weighted by atomic mass is 19.1. The number of aromatic amines is 1. The van der Waals surface area contributed by atoms with E-state index in [4.69, 9.17) is 5.26 Å². The number of rotatable bonds is 2. The predicted molar refractivity (Wildman–Crippen MR) is 82.4 cm³/mol. The number of carbonyl (C=O) groups is 1. The zero-order valence-corrected chi connectivity index (χ0v) is 12.7. The molecule has 0 aromatic carbocycles. The highest BCUT2D eigenvalue weighted by molar-refractivity contribution is 5.93. The fraction of sp³-hybridized carbons (Fsp3) is 0.312. The Morgan fingerprint density at radius 3 is 2.91 bits per heavy atom. The van der Waals surface area contributed by atoms with E-state index in [-0.39, 0.29) is 17.8 Å². The summed E-state index contributed by atoms with van der Waals surface area (Å²) in [6.45, 7) is 3.71. The van der Waals surface area contributed by atoms with Gasteiger partial charge in [0, 0.05) is 31.9 Å². The first-order valence-electron chi connectivity index (χ1n) is 7.34. The Balaban J connectivity index is 1.69. The molecule has 0 saturated carbocycles. The topological polar surface area (TPSA) is 76.0 Å². The lowest BCUT2D eigenvalue weighted by Gasteiger charge is -2.40. The largest absolute Gasteiger partial charge is 0.356 e. The van der Waals surface area contributed by atoms with Gasteiger partial charge in [-0.2, -0.15) is 5.26 Å². The highest BCUT2D eigenvalue weighted by Gasteiger charge is 2.28. The first kappa shape index (κ1) is 15.0. The van der Waals surface area contributed by atoms with Crippen molar-refractivity contribution in [2.75, 3.05) is 24.5 Å². The van der Waals surface area contributed by atoms with Crippen molar-refractivity contribution in [3.63, 3.8) is 0 Å². The van der Waals surface area contributed by atoms with Gasteiger partial charge in [0.1, 0.15) is 23.4 Å². The van der Waals surface area contributed by atoms with Gasteiger partial charge in [0.25, 0.3) is 5.91 Å². The summed E-state index contributed by atoms with van der Waals surface area (Å²) in [5.41, 5.74) is 0.859. The number of aromatic nitrogens is 2. The molecule has 0 spiro atoms. The summed E-state index contributed by atoms with van der Waals surface area (Å²) < 4.78 is 13.0. The molecule has 118 valence electrons. The first-order chi connectivity index (χ1) is 11.1. The predicted octanol–water partition coefficient (Wildman–Crippen LogP) is 1.77. The number of nitrogens with zero attached hydrogens (tertiary/aromatic N) is 4. The molecule has 7 heteroatoms. The van der Waals surface area contributed by atoms with Crippen LogP contribution in [0.1, 0.15) is 23.0 Å². The summed E-state index contributed by atoms with van der Waals surface area (Å²) in [7, 11) is 0. The van der Waals surface area contributed by atoms with Crippen LogP contribution in [0, 0.1) is 17.1 Å². The third kappa shape index (κ3) is 3.01. The van der Waals surface area contributed by atoms with Crippen LogP contribution in [0.3, 0.4) is 0 Å². The number of piperazine rings is 1. The van der Waals surface area contributed by atoms with Gasteiger partial charge in [0.2, 0.25) is 0 Å². The molecule has 23 heavy (non-hydrogen) atoms. The van der Waals surface area contributed by atoms with E-state index in [1.807, 2.05) is 13.0 Å². The SMILES string of the molecule is CC1CN(C(=O)c2cc(C#N)c[nH]2)CCN1c1ccc(F)cn1. The molecule has 6 nitrogen and oxygen atoms in total. The van der Waals surface area contributed by atoms with Crippen LogP contribution in [0.4, 0.5) is 10.2 Å². The molecule has 1 atom stereocenters. The Kier molecular flexibility index (Phi) is 3.98. The molecule has 0 bridgehead atoms. The number of halogens is 1. The molecule has 0 radical (unpaired) electrons. The Hall–Kier alpha value is -2.88. The van der Waals surface area contributed by atoms with Crippen LogP contribution < -0.4 is 4.90 Å². The van der Waals surface area contributed by atoms with Crippen molar-refractivity contribution in [2.45, 2.75) is 13.0 Å². The molecule has 2 aromatic rings. The van der Waals surface area contributed by atoms with Crippen LogP contribution in [0.2, 0.25) is 0 Å². The summed E-state index contributed by atoms with van der Waals surface area (Å²) in [5, 5.41) is 8.83. The molecule has 0 aliphatic carbocycles. The van der Waals surface area contributed by atoms with Gasteiger partial charge in [-0.25, -0.2) is 9.37 Å². The van der Waals surface area contributed by atoms with Crippen molar-refractivity contribution >= 4 is 11.7 Å². The van der Waals surface area contributed by atoms with Gasteiger partial charge in [-0.05, 0) is 25.1 Å². The normalized spacial score (nSPS) is 17.9. The molecule has 1 unspecified atom stereocenters. The maximum atomic E-state index is 13.0. The summed E-state index contributed by atoms with van der Waals surface area (Å²) in [6.07, 6.45) is 2.72. The second kappa shape index (κ2) is 6.08. The van der Waals surface area contributed by atoms with E-state index >= 15 is 0 Å². The summed E-state index contributed by atoms with van der Waals surface area (Å²) in [5.74, 6) is 0.220. The average molecular weight is 313 g/mol. The molecule has 1 aliphatic rings. The molecular weight excluding hydrogens is 297 g/mol. The Morgan fingerprint density at radius 2 is 2.30 bits per heavy atom. The van der Waals surface area contributed by atoms with Crippen LogP contribution in [-0.4, -0.2) is 46.5 Å². The Labute approximate surface area is 133 Å². The molecule has 1 aliphatic heterocycles. The maximum Gasteiger partial charge on any atom is 0.270 e. The number of amides is 1. The molecular formula is C16H16FN5O. The summed E-state index contributed by atoms with van der Waals surface area (Å²) in [4.78, 5) is 23.2. The second-order valence-corrected chi connectivity index (χ2v) is 5.54. The van der Waals surface area contributed by atoms with Crippen LogP contribution in [-0.2, 0) is 0 Å². The smallest absolute Gasteiger partial charge is 0.270 e. The fourth-order valence-electron chi connectivity index (χ4n) is 2.77. The number of pyridine rings is 1. The van der Waals surface area contributed by atoms with E-state index in [1.165, 1.54) is 18.5 Å². The third-order valence-corrected chi connectivity index (χ3v) is 3.96. The molecule has 3 heterocycles. The quantitative estimate of drug-likeness (QED) is 0.917. The van der Waals surface area contributed by atoms with Crippen molar-refractivity contribution in [3.8, 4) is 6.07 Å². The summed E-state index contributed by atoms with van der Waals surface area (Å²) in [6, 6.07) is 6.65. The van der Waals surface area contributed by atoms with Gasteiger partial charge in [-0.3, -0.25) is 4.79 Å². The van der Waals surface area contributed by atoms with Gasteiger partial charge < -0.3 is 14.8 Å². The van der Waals surface area contributed by atoms with Crippen molar-refractivity contribution in [1.29, 1.82) is 5.26 Å². The Morgan fingerprint density at radius 1 is 1.48 bits per heavy atom. The van der Waals surface area contributed by atoms with Crippen molar-refractivity contribution in [3.05, 3.63) is 47.7 Å². The van der Waals surface area contributed by atoms with Crippen LogP contribution in [0.25, 0.3) is 0 Å². The lowest BCUT2D eigenvalue weighted by molar-refractivity contribution is 0.0721. The van der Waals surface area contributed by atoms with E-state index in [0.29, 0.717) is 36.7 Å². The van der Waals surface area contributed by atoms with E-state index in [0.717, 1.165) is 0 Å². The van der Waals surface area contributed by atoms with E-state index in [1.54, 1.807) is 17.0 Å². The lowest BCUT2D eigenvalue weighted by atomic mass is 10.1. The minimum absolute atomic E-state index is 0.0658. The Bertz CT molecular complexity index is 749. The number of nitrogens with one attached hydrogen (secondary N) is 1. The minimum atomic E-state index is -0.366. The van der Waals surface area contributed by atoms with Gasteiger partial charge in [-0.1, -0.05) is 0 Å². The van der Waals surface area contributed by atoms with Gasteiger partial charge in [0.15, 0.2) is 0 Å². The molecule has 1 N–H and O–H groups in total. The minimum Gasteiger partial charge on any atom is -0.356 e. The van der Waals surface area contributed by atoms with Gasteiger partial charge in [0.05, 0.1) is 11.8 Å².